The molecule has 150 valence electrons. The van der Waals surface area contributed by atoms with Crippen LogP contribution in [0.4, 0.5) is 11.4 Å². The Labute approximate surface area is 177 Å². The van der Waals surface area contributed by atoms with Gasteiger partial charge in [-0.05, 0) is 60.7 Å². The molecule has 1 fully saturated rings. The van der Waals surface area contributed by atoms with Crippen LogP contribution in [0.15, 0.2) is 57.2 Å². The summed E-state index contributed by atoms with van der Waals surface area (Å²) in [6, 6.07) is 12.7. The first-order valence-electron chi connectivity index (χ1n) is 9.72. The summed E-state index contributed by atoms with van der Waals surface area (Å²) >= 11 is 3.43. The molecule has 0 bridgehead atoms. The molecule has 7 heteroatoms. The van der Waals surface area contributed by atoms with E-state index in [9.17, 15) is 9.90 Å². The number of halogens is 1. The standard InChI is InChI=1S/C22H23BrN4O2/c1-13-9-14(2)12-27(11-13)22(29)15-3-6-17(7-4-15)25-26-20-18-10-16(23)5-8-19(18)24-21(20)28/h3-8,10,13-14,24,28H,9,11-12H2,1-2H3/t13-,14-/m1/s1. The number of azo groups is 1. The lowest BCUT2D eigenvalue weighted by Gasteiger charge is -2.35. The van der Waals surface area contributed by atoms with E-state index in [4.69, 9.17) is 0 Å². The number of likely N-dealkylation sites (tertiary alicyclic amines) is 1. The van der Waals surface area contributed by atoms with E-state index < -0.39 is 0 Å². The molecule has 2 N–H and O–H groups in total. The molecule has 2 aromatic carbocycles. The van der Waals surface area contributed by atoms with Crippen molar-refractivity contribution in [1.29, 1.82) is 0 Å². The Morgan fingerprint density at radius 3 is 2.48 bits per heavy atom. The number of hydrogen-bond donors (Lipinski definition) is 2. The average molecular weight is 455 g/mol. The second-order valence-corrected chi connectivity index (χ2v) is 8.83. The van der Waals surface area contributed by atoms with Gasteiger partial charge < -0.3 is 15.0 Å². The first-order chi connectivity index (χ1) is 13.9. The summed E-state index contributed by atoms with van der Waals surface area (Å²) in [5.41, 5.74) is 2.44. The molecular weight excluding hydrogens is 432 g/mol. The minimum atomic E-state index is -0.0259. The highest BCUT2D eigenvalue weighted by Crippen LogP contribution is 2.37. The van der Waals surface area contributed by atoms with Crippen molar-refractivity contribution < 1.29 is 9.90 Å². The first-order valence-corrected chi connectivity index (χ1v) is 10.5. The number of carbonyl (C=O) groups excluding carboxylic acids is 1. The molecule has 1 amide bonds. The van der Waals surface area contributed by atoms with Gasteiger partial charge in [0.1, 0.15) is 0 Å². The predicted octanol–water partition coefficient (Wildman–Crippen LogP) is 6.17. The second kappa shape index (κ2) is 7.99. The zero-order chi connectivity index (χ0) is 20.5. The number of aromatic nitrogens is 1. The SMILES string of the molecule is C[C@@H]1C[C@@H](C)CN(C(=O)c2ccc(N=Nc3c(O)[nH]c4ccc(Br)cc34)cc2)C1. The van der Waals surface area contributed by atoms with E-state index in [-0.39, 0.29) is 11.8 Å². The van der Waals surface area contributed by atoms with Crippen LogP contribution in [0.2, 0.25) is 0 Å². The van der Waals surface area contributed by atoms with Gasteiger partial charge in [0.25, 0.3) is 5.91 Å². The quantitative estimate of drug-likeness (QED) is 0.463. The topological polar surface area (TPSA) is 81.1 Å². The third-order valence-electron chi connectivity index (χ3n) is 5.25. The van der Waals surface area contributed by atoms with Gasteiger partial charge in [-0.3, -0.25) is 4.79 Å². The van der Waals surface area contributed by atoms with Gasteiger partial charge in [-0.25, -0.2) is 0 Å². The van der Waals surface area contributed by atoms with Crippen LogP contribution >= 0.6 is 15.9 Å². The normalized spacial score (nSPS) is 19.9. The summed E-state index contributed by atoms with van der Waals surface area (Å²) in [7, 11) is 0. The minimum Gasteiger partial charge on any atom is -0.493 e. The van der Waals surface area contributed by atoms with Crippen LogP contribution in [0.25, 0.3) is 10.9 Å². The maximum absolute atomic E-state index is 12.8. The Bertz CT molecular complexity index is 1060. The number of aromatic hydroxyl groups is 1. The highest BCUT2D eigenvalue weighted by Gasteiger charge is 2.26. The molecule has 0 radical (unpaired) electrons. The van der Waals surface area contributed by atoms with Crippen LogP contribution in [0.1, 0.15) is 30.6 Å². The molecule has 1 aromatic heterocycles. The average Bonchev–Trinajstić information content (AvgIpc) is 3.00. The molecule has 3 aromatic rings. The number of carbonyl (C=O) groups is 1. The molecule has 6 nitrogen and oxygen atoms in total. The van der Waals surface area contributed by atoms with Crippen molar-refractivity contribution >= 4 is 44.1 Å². The van der Waals surface area contributed by atoms with Crippen molar-refractivity contribution in [2.24, 2.45) is 22.1 Å². The summed E-state index contributed by atoms with van der Waals surface area (Å²) in [6.45, 7) is 6.00. The van der Waals surface area contributed by atoms with E-state index in [1.165, 1.54) is 6.42 Å². The largest absolute Gasteiger partial charge is 0.493 e. The monoisotopic (exact) mass is 454 g/mol. The van der Waals surface area contributed by atoms with Crippen LogP contribution < -0.4 is 0 Å². The van der Waals surface area contributed by atoms with E-state index in [2.05, 4.69) is 45.0 Å². The number of H-pyrrole nitrogens is 1. The van der Waals surface area contributed by atoms with Crippen LogP contribution in [-0.2, 0) is 0 Å². The maximum atomic E-state index is 12.8. The number of hydrogen-bond acceptors (Lipinski definition) is 4. The van der Waals surface area contributed by atoms with Crippen molar-refractivity contribution in [2.75, 3.05) is 13.1 Å². The van der Waals surface area contributed by atoms with E-state index in [0.29, 0.717) is 28.8 Å². The second-order valence-electron chi connectivity index (χ2n) is 7.92. The molecule has 29 heavy (non-hydrogen) atoms. The van der Waals surface area contributed by atoms with Gasteiger partial charge in [0.05, 0.1) is 11.2 Å². The zero-order valence-electron chi connectivity index (χ0n) is 16.4. The molecule has 1 aliphatic rings. The van der Waals surface area contributed by atoms with Crippen molar-refractivity contribution in [3.05, 3.63) is 52.5 Å². The Morgan fingerprint density at radius 1 is 1.10 bits per heavy atom. The third kappa shape index (κ3) is 4.19. The lowest BCUT2D eigenvalue weighted by Crippen LogP contribution is -2.42. The van der Waals surface area contributed by atoms with Crippen LogP contribution in [0.3, 0.4) is 0 Å². The molecule has 0 aliphatic carbocycles. The molecule has 4 rings (SSSR count). The Balaban J connectivity index is 1.52. The fraction of sp³-hybridized carbons (Fsp3) is 0.318. The summed E-state index contributed by atoms with van der Waals surface area (Å²) in [5.74, 6) is 1.09. The fourth-order valence-electron chi connectivity index (χ4n) is 4.03. The number of amides is 1. The number of rotatable bonds is 3. The summed E-state index contributed by atoms with van der Waals surface area (Å²) in [6.07, 6.45) is 1.17. The van der Waals surface area contributed by atoms with Crippen LogP contribution in [0, 0.1) is 11.8 Å². The highest BCUT2D eigenvalue weighted by molar-refractivity contribution is 9.10. The lowest BCUT2D eigenvalue weighted by molar-refractivity contribution is 0.0623. The Kier molecular flexibility index (Phi) is 5.41. The van der Waals surface area contributed by atoms with Crippen LogP contribution in [-0.4, -0.2) is 34.0 Å². The van der Waals surface area contributed by atoms with E-state index >= 15 is 0 Å². The number of benzene rings is 2. The predicted molar refractivity (Wildman–Crippen MR) is 117 cm³/mol. The molecule has 0 saturated carbocycles. The molecule has 2 atom stereocenters. The molecule has 1 saturated heterocycles. The highest BCUT2D eigenvalue weighted by atomic mass is 79.9. The zero-order valence-corrected chi connectivity index (χ0v) is 18.0. The molecule has 0 spiro atoms. The van der Waals surface area contributed by atoms with Crippen molar-refractivity contribution in [1.82, 2.24) is 9.88 Å². The van der Waals surface area contributed by atoms with Gasteiger partial charge in [0, 0.05) is 28.5 Å². The number of piperidine rings is 1. The van der Waals surface area contributed by atoms with Crippen LogP contribution in [0.5, 0.6) is 5.88 Å². The first kappa shape index (κ1) is 19.6. The maximum Gasteiger partial charge on any atom is 0.253 e. The van der Waals surface area contributed by atoms with Gasteiger partial charge in [-0.2, -0.15) is 5.11 Å². The number of nitrogens with zero attached hydrogens (tertiary/aromatic N) is 3. The van der Waals surface area contributed by atoms with Gasteiger partial charge in [0.2, 0.25) is 5.88 Å². The van der Waals surface area contributed by atoms with Gasteiger partial charge >= 0.3 is 0 Å². The van der Waals surface area contributed by atoms with Crippen molar-refractivity contribution in [3.8, 4) is 5.88 Å². The fourth-order valence-corrected chi connectivity index (χ4v) is 4.39. The molecule has 2 heterocycles. The van der Waals surface area contributed by atoms with Gasteiger partial charge in [-0.15, -0.1) is 5.11 Å². The summed E-state index contributed by atoms with van der Waals surface area (Å²) in [5, 5.41) is 19.4. The van der Waals surface area contributed by atoms with E-state index in [0.717, 1.165) is 28.5 Å². The van der Waals surface area contributed by atoms with Gasteiger partial charge in [0.15, 0.2) is 5.69 Å². The van der Waals surface area contributed by atoms with Gasteiger partial charge in [-0.1, -0.05) is 29.8 Å². The van der Waals surface area contributed by atoms with Crippen molar-refractivity contribution in [2.45, 2.75) is 20.3 Å². The summed E-state index contributed by atoms with van der Waals surface area (Å²) in [4.78, 5) is 17.6. The van der Waals surface area contributed by atoms with Crippen molar-refractivity contribution in [3.63, 3.8) is 0 Å². The molecule has 1 aliphatic heterocycles. The smallest absolute Gasteiger partial charge is 0.253 e. The van der Waals surface area contributed by atoms with E-state index in [1.807, 2.05) is 23.1 Å². The lowest BCUT2D eigenvalue weighted by atomic mass is 9.91. The Hall–Kier alpha value is -2.67. The number of fused-ring (bicyclic) bond motifs is 1. The summed E-state index contributed by atoms with van der Waals surface area (Å²) < 4.78 is 0.893. The number of nitrogens with one attached hydrogen (secondary N) is 1. The minimum absolute atomic E-state index is 0.0259. The molecular formula is C22H23BrN4O2. The third-order valence-corrected chi connectivity index (χ3v) is 5.74. The number of aromatic amines is 1. The van der Waals surface area contributed by atoms with E-state index in [1.54, 1.807) is 24.3 Å². The Morgan fingerprint density at radius 2 is 1.79 bits per heavy atom. The molecule has 0 unspecified atom stereocenters.